The van der Waals surface area contributed by atoms with E-state index in [0.29, 0.717) is 91.1 Å². The number of hydrogen-bond acceptors (Lipinski definition) is 22. The minimum atomic E-state index is -2.65. The Kier molecular flexibility index (Phi) is 51.5. The van der Waals surface area contributed by atoms with Crippen molar-refractivity contribution in [3.63, 3.8) is 0 Å². The summed E-state index contributed by atoms with van der Waals surface area (Å²) < 4.78 is 74.3. The van der Waals surface area contributed by atoms with Crippen LogP contribution in [0.1, 0.15) is 173 Å². The third kappa shape index (κ3) is 34.4. The van der Waals surface area contributed by atoms with Gasteiger partial charge in [0.05, 0.1) is 0 Å². The van der Waals surface area contributed by atoms with Crippen molar-refractivity contribution in [3.05, 3.63) is 0 Å². The van der Waals surface area contributed by atoms with Gasteiger partial charge in [-0.15, -0.1) is 0 Å². The summed E-state index contributed by atoms with van der Waals surface area (Å²) in [6.45, 7) is 32.3. The molecule has 0 aromatic rings. The van der Waals surface area contributed by atoms with Crippen LogP contribution in [0.4, 0.5) is 0 Å². The Labute approximate surface area is 533 Å². The van der Waals surface area contributed by atoms with Crippen LogP contribution in [0.15, 0.2) is 0 Å². The zero-order chi connectivity index (χ0) is 58.5. The van der Waals surface area contributed by atoms with Crippen molar-refractivity contribution >= 4 is 139 Å². The molecule has 2 aliphatic carbocycles. The van der Waals surface area contributed by atoms with Crippen molar-refractivity contribution < 1.29 is 53.1 Å². The van der Waals surface area contributed by atoms with Gasteiger partial charge in [-0.05, 0) is 235 Å². The maximum Gasteiger partial charge on any atom is 0.500 e. The standard InChI is InChI=1S/C54H114O12S10Si4/c1-13-55-77(56-14-2,57-15-3)43-25-37-69-73-75-71-41-33-53-47-49(35-45-79(61-19-7,62-20-8)63-21-9)27-29-51(53)31-39-67-68-40-32-52-30-28-50(36-46-80(64-22-10,65-23-11)66-24-12)48-54(52)34-42-72-76-74-70-38-26-44-78(58-16-4,59-17-5)60-18-6/h49-54H,13-48H2,1-12H3. The first kappa shape index (κ1) is 80.0. The summed E-state index contributed by atoms with van der Waals surface area (Å²) in [5, 5.41) is 0. The second-order valence-corrected chi connectivity index (χ2v) is 46.1. The Balaban J connectivity index is 1.98. The van der Waals surface area contributed by atoms with E-state index in [2.05, 4.69) is 63.1 Å². The van der Waals surface area contributed by atoms with Gasteiger partial charge < -0.3 is 53.1 Å². The first-order valence-electron chi connectivity index (χ1n) is 31.1. The Hall–Kier alpha value is 3.89. The minimum Gasteiger partial charge on any atom is -0.374 e. The van der Waals surface area contributed by atoms with E-state index in [9.17, 15) is 0 Å². The van der Waals surface area contributed by atoms with Crippen LogP contribution in [-0.4, -0.2) is 149 Å². The fraction of sp³-hybridized carbons (Fsp3) is 1.00. The monoisotopic (exact) mass is 1390 g/mol. The van der Waals surface area contributed by atoms with Crippen LogP contribution in [0, 0.1) is 35.5 Å². The van der Waals surface area contributed by atoms with E-state index in [0.717, 1.165) is 85.0 Å². The second-order valence-electron chi connectivity index (χ2n) is 20.0. The fourth-order valence-electron chi connectivity index (χ4n) is 11.4. The topological polar surface area (TPSA) is 111 Å². The van der Waals surface area contributed by atoms with Gasteiger partial charge in [-0.3, -0.25) is 0 Å². The van der Waals surface area contributed by atoms with Gasteiger partial charge in [0.25, 0.3) is 0 Å². The Morgan fingerprint density at radius 3 is 0.775 bits per heavy atom. The van der Waals surface area contributed by atoms with E-state index in [-0.39, 0.29) is 0 Å². The van der Waals surface area contributed by atoms with Gasteiger partial charge in [0, 0.05) is 138 Å². The maximum absolute atomic E-state index is 6.31. The highest BCUT2D eigenvalue weighted by molar-refractivity contribution is 9.26. The number of rotatable bonds is 57. The molecule has 478 valence electrons. The largest absolute Gasteiger partial charge is 0.500 e. The van der Waals surface area contributed by atoms with E-state index < -0.39 is 35.2 Å². The van der Waals surface area contributed by atoms with E-state index in [1.807, 2.05) is 124 Å². The van der Waals surface area contributed by atoms with Crippen molar-refractivity contribution in [2.75, 3.05) is 114 Å². The lowest BCUT2D eigenvalue weighted by Gasteiger charge is -2.38. The molecule has 2 aliphatic rings. The molecule has 0 bridgehead atoms. The average Bonchev–Trinajstić information content (AvgIpc) is 3.43. The molecule has 2 saturated carbocycles. The highest BCUT2D eigenvalue weighted by Crippen LogP contribution is 2.49. The molecule has 0 radical (unpaired) electrons. The Bertz CT molecular complexity index is 1260. The third-order valence-electron chi connectivity index (χ3n) is 14.6. The van der Waals surface area contributed by atoms with Crippen LogP contribution in [0.3, 0.4) is 0 Å². The zero-order valence-corrected chi connectivity index (χ0v) is 64.1. The van der Waals surface area contributed by atoms with Gasteiger partial charge in [0.15, 0.2) is 0 Å². The van der Waals surface area contributed by atoms with E-state index in [1.54, 1.807) is 0 Å². The molecule has 2 rings (SSSR count). The lowest BCUT2D eigenvalue weighted by molar-refractivity contribution is 0.0666. The average molecular weight is 1390 g/mol. The molecule has 6 atom stereocenters. The Morgan fingerprint density at radius 1 is 0.263 bits per heavy atom. The molecule has 80 heavy (non-hydrogen) atoms. The van der Waals surface area contributed by atoms with Gasteiger partial charge in [-0.25, -0.2) is 0 Å². The molecule has 0 saturated heterocycles. The first-order valence-corrected chi connectivity index (χ1v) is 51.6. The van der Waals surface area contributed by atoms with Gasteiger partial charge in [0.2, 0.25) is 0 Å². The van der Waals surface area contributed by atoms with Crippen LogP contribution < -0.4 is 0 Å². The fourth-order valence-corrected chi connectivity index (χ4v) is 37.4. The van der Waals surface area contributed by atoms with Crippen molar-refractivity contribution in [1.29, 1.82) is 0 Å². The summed E-state index contributed by atoms with van der Waals surface area (Å²) >= 11 is 0. The molecule has 0 aromatic carbocycles. The molecule has 0 spiro atoms. The zero-order valence-electron chi connectivity index (χ0n) is 51.9. The third-order valence-corrected chi connectivity index (χ3v) is 42.7. The molecular formula is C54H114O12S10Si4. The predicted octanol–water partition coefficient (Wildman–Crippen LogP) is 19.1. The molecule has 0 aromatic heterocycles. The minimum absolute atomic E-state index is 0.635. The quantitative estimate of drug-likeness (QED) is 0.0327. The lowest BCUT2D eigenvalue weighted by atomic mass is 9.71. The van der Waals surface area contributed by atoms with Crippen LogP contribution in [0.5, 0.6) is 0 Å². The summed E-state index contributed by atoms with van der Waals surface area (Å²) in [5.41, 5.74) is 0. The molecule has 26 heteroatoms. The van der Waals surface area contributed by atoms with Crippen molar-refractivity contribution in [3.8, 4) is 0 Å². The molecule has 2 fully saturated rings. The first-order chi connectivity index (χ1) is 39.0. The maximum atomic E-state index is 6.31. The molecule has 0 aliphatic heterocycles. The van der Waals surface area contributed by atoms with E-state index in [4.69, 9.17) is 53.1 Å². The number of hydrogen-bond donors (Lipinski definition) is 0. The molecular weight excluding hydrogens is 1270 g/mol. The summed E-state index contributed by atoms with van der Waals surface area (Å²) in [5.74, 6) is 11.6. The van der Waals surface area contributed by atoms with Crippen molar-refractivity contribution in [2.45, 2.75) is 197 Å². The molecule has 12 nitrogen and oxygen atoms in total. The lowest BCUT2D eigenvalue weighted by Crippen LogP contribution is -2.46. The smallest absolute Gasteiger partial charge is 0.374 e. The van der Waals surface area contributed by atoms with E-state index >= 15 is 0 Å². The van der Waals surface area contributed by atoms with Gasteiger partial charge >= 0.3 is 35.2 Å². The summed E-state index contributed by atoms with van der Waals surface area (Å²) in [6.07, 6.45) is 17.6. The van der Waals surface area contributed by atoms with Gasteiger partial charge in [-0.2, -0.15) is 0 Å². The van der Waals surface area contributed by atoms with Crippen LogP contribution in [0.25, 0.3) is 0 Å². The predicted molar refractivity (Wildman–Crippen MR) is 372 cm³/mol. The summed E-state index contributed by atoms with van der Waals surface area (Å²) in [4.78, 5) is 0. The molecule has 6 unspecified atom stereocenters. The molecule has 0 heterocycles. The highest BCUT2D eigenvalue weighted by Gasteiger charge is 2.44. The normalized spacial score (nSPS) is 20.6. The highest BCUT2D eigenvalue weighted by atomic mass is 33.7. The van der Waals surface area contributed by atoms with Gasteiger partial charge in [-0.1, -0.05) is 77.6 Å². The SMILES string of the molecule is CCO[Si](CCCSSSSCCC1CC(CC[Si](OCC)(OCC)OCC)CCC1CCSSCCC1CCC(CC[Si](OCC)(OCC)OCC)CC1CCSSSSCCC[Si](OCC)(OCC)OCC)(OCC)OCC. The van der Waals surface area contributed by atoms with Gasteiger partial charge in [0.1, 0.15) is 0 Å². The van der Waals surface area contributed by atoms with Crippen molar-refractivity contribution in [2.24, 2.45) is 35.5 Å². The molecule has 0 amide bonds. The summed E-state index contributed by atoms with van der Waals surface area (Å²) in [6, 6.07) is 3.62. The van der Waals surface area contributed by atoms with Crippen molar-refractivity contribution in [1.82, 2.24) is 0 Å². The second kappa shape index (κ2) is 51.5. The van der Waals surface area contributed by atoms with Crippen LogP contribution in [-0.2, 0) is 53.1 Å². The molecule has 0 N–H and O–H groups in total. The van der Waals surface area contributed by atoms with E-state index in [1.165, 1.54) is 87.2 Å². The van der Waals surface area contributed by atoms with Crippen LogP contribution >= 0.6 is 104 Å². The summed E-state index contributed by atoms with van der Waals surface area (Å²) in [7, 11) is 9.65. The Morgan fingerprint density at radius 2 is 0.500 bits per heavy atom. The van der Waals surface area contributed by atoms with Crippen LogP contribution in [0.2, 0.25) is 24.2 Å².